The Balaban J connectivity index is 2.01. The number of nitrogens with one attached hydrogen (secondary N) is 1. The summed E-state index contributed by atoms with van der Waals surface area (Å²) in [5.74, 6) is -2.16. The zero-order valence-electron chi connectivity index (χ0n) is 12.4. The molecule has 2 heterocycles. The normalized spacial score (nSPS) is 27.8. The molecule has 3 atom stereocenters. The van der Waals surface area contributed by atoms with Gasteiger partial charge in [-0.2, -0.15) is 9.40 Å². The first-order chi connectivity index (χ1) is 10.9. The molecule has 3 rings (SSSR count). The summed E-state index contributed by atoms with van der Waals surface area (Å²) >= 11 is 0. The van der Waals surface area contributed by atoms with Crippen LogP contribution in [0.2, 0.25) is 0 Å². The van der Waals surface area contributed by atoms with Crippen molar-refractivity contribution in [3.8, 4) is 0 Å². The fraction of sp³-hybridized carbons (Fsp3) is 0.615. The summed E-state index contributed by atoms with van der Waals surface area (Å²) in [7, 11) is -3.05. The molecular formula is C13H17N3O6S. The average molecular weight is 343 g/mol. The lowest BCUT2D eigenvalue weighted by atomic mass is 9.94. The van der Waals surface area contributed by atoms with E-state index in [0.29, 0.717) is 6.42 Å². The maximum atomic E-state index is 12.9. The number of nitrogens with zero attached hydrogens (tertiary/aromatic N) is 2. The highest BCUT2D eigenvalue weighted by Crippen LogP contribution is 2.44. The van der Waals surface area contributed by atoms with Crippen LogP contribution in [0.5, 0.6) is 0 Å². The molecule has 0 aromatic carbocycles. The van der Waals surface area contributed by atoms with Crippen molar-refractivity contribution in [2.75, 3.05) is 13.7 Å². The van der Waals surface area contributed by atoms with Crippen LogP contribution < -0.4 is 0 Å². The monoisotopic (exact) mass is 343 g/mol. The van der Waals surface area contributed by atoms with Gasteiger partial charge in [0, 0.05) is 6.54 Å². The van der Waals surface area contributed by atoms with Crippen LogP contribution in [0.1, 0.15) is 29.6 Å². The van der Waals surface area contributed by atoms with Crippen LogP contribution in [-0.4, -0.2) is 59.7 Å². The summed E-state index contributed by atoms with van der Waals surface area (Å²) < 4.78 is 31.3. The number of methoxy groups -OCH3 is 1. The van der Waals surface area contributed by atoms with Crippen molar-refractivity contribution in [2.24, 2.45) is 11.8 Å². The standard InChI is InChI=1S/C13H17N3O6S/c1-22-13(19)9-5-14-15-11(9)23(20,21)16-6-7-3-2-4-8(7)10(16)12(17)18/h5,7-8,10H,2-4,6H2,1H3,(H,14,15)(H,17,18)/t7-,8-,10+/m0/s1. The van der Waals surface area contributed by atoms with Crippen LogP contribution in [0, 0.1) is 11.8 Å². The van der Waals surface area contributed by atoms with Crippen LogP contribution in [0.25, 0.3) is 0 Å². The third-order valence-corrected chi connectivity index (χ3v) is 6.50. The van der Waals surface area contributed by atoms with E-state index in [1.807, 2.05) is 0 Å². The van der Waals surface area contributed by atoms with Crippen LogP contribution in [0.3, 0.4) is 0 Å². The Hall–Kier alpha value is -1.94. The lowest BCUT2D eigenvalue weighted by Gasteiger charge is -2.23. The largest absolute Gasteiger partial charge is 0.480 e. The maximum absolute atomic E-state index is 12.9. The molecule has 10 heteroatoms. The highest BCUT2D eigenvalue weighted by Gasteiger charge is 2.53. The predicted molar refractivity (Wildman–Crippen MR) is 76.1 cm³/mol. The van der Waals surface area contributed by atoms with Crippen molar-refractivity contribution >= 4 is 22.0 Å². The highest BCUT2D eigenvalue weighted by molar-refractivity contribution is 7.89. The number of carboxylic acid groups (broad SMARTS) is 1. The Kier molecular flexibility index (Phi) is 3.88. The highest BCUT2D eigenvalue weighted by atomic mass is 32.2. The number of hydrogen-bond donors (Lipinski definition) is 2. The molecule has 1 aromatic rings. The molecule has 1 aliphatic carbocycles. The minimum atomic E-state index is -4.18. The smallest absolute Gasteiger partial charge is 0.342 e. The molecule has 1 aromatic heterocycles. The van der Waals surface area contributed by atoms with E-state index in [1.165, 1.54) is 0 Å². The van der Waals surface area contributed by atoms with Crippen LogP contribution in [0.15, 0.2) is 11.2 Å². The van der Waals surface area contributed by atoms with E-state index in [4.69, 9.17) is 0 Å². The van der Waals surface area contributed by atoms with E-state index in [0.717, 1.165) is 30.5 Å². The second-order valence-electron chi connectivity index (χ2n) is 5.82. The van der Waals surface area contributed by atoms with Crippen molar-refractivity contribution in [3.05, 3.63) is 11.8 Å². The lowest BCUT2D eigenvalue weighted by Crippen LogP contribution is -2.43. The second kappa shape index (κ2) is 5.60. The van der Waals surface area contributed by atoms with Crippen LogP contribution in [-0.2, 0) is 19.6 Å². The molecule has 0 bridgehead atoms. The van der Waals surface area contributed by atoms with Gasteiger partial charge in [-0.05, 0) is 24.7 Å². The fourth-order valence-corrected chi connectivity index (χ4v) is 5.41. The van der Waals surface area contributed by atoms with E-state index in [-0.39, 0.29) is 23.9 Å². The Morgan fingerprint density at radius 3 is 2.83 bits per heavy atom. The van der Waals surface area contributed by atoms with Gasteiger partial charge in [0.1, 0.15) is 11.6 Å². The van der Waals surface area contributed by atoms with Gasteiger partial charge in [0.15, 0.2) is 5.03 Å². The summed E-state index contributed by atoms with van der Waals surface area (Å²) in [6, 6.07) is -1.11. The molecule has 2 fully saturated rings. The topological polar surface area (TPSA) is 130 Å². The first-order valence-electron chi connectivity index (χ1n) is 7.24. The van der Waals surface area contributed by atoms with Crippen LogP contribution >= 0.6 is 0 Å². The minimum absolute atomic E-state index is 0.0374. The summed E-state index contributed by atoms with van der Waals surface area (Å²) in [6.07, 6.45) is 3.48. The first kappa shape index (κ1) is 15.9. The molecule has 126 valence electrons. The number of rotatable bonds is 4. The van der Waals surface area contributed by atoms with Gasteiger partial charge >= 0.3 is 11.9 Å². The number of aliphatic carboxylic acids is 1. The lowest BCUT2D eigenvalue weighted by molar-refractivity contribution is -0.142. The van der Waals surface area contributed by atoms with E-state index >= 15 is 0 Å². The number of aromatic amines is 1. The van der Waals surface area contributed by atoms with Crippen molar-refractivity contribution in [1.29, 1.82) is 0 Å². The van der Waals surface area contributed by atoms with E-state index in [2.05, 4.69) is 14.9 Å². The molecular weight excluding hydrogens is 326 g/mol. The van der Waals surface area contributed by atoms with E-state index in [1.54, 1.807) is 0 Å². The summed E-state index contributed by atoms with van der Waals surface area (Å²) in [4.78, 5) is 23.3. The van der Waals surface area contributed by atoms with Gasteiger partial charge < -0.3 is 9.84 Å². The van der Waals surface area contributed by atoms with Gasteiger partial charge in [-0.25, -0.2) is 13.2 Å². The summed E-state index contributed by atoms with van der Waals surface area (Å²) in [5.41, 5.74) is -0.228. The number of carbonyl (C=O) groups excluding carboxylic acids is 1. The zero-order chi connectivity index (χ0) is 16.8. The number of ether oxygens (including phenoxy) is 1. The molecule has 2 aliphatic rings. The summed E-state index contributed by atoms with van der Waals surface area (Å²) in [5, 5.41) is 15.0. The van der Waals surface area contributed by atoms with Gasteiger partial charge in [0.25, 0.3) is 10.0 Å². The first-order valence-corrected chi connectivity index (χ1v) is 8.68. The molecule has 0 radical (unpaired) electrons. The molecule has 23 heavy (non-hydrogen) atoms. The number of esters is 1. The molecule has 1 saturated heterocycles. The Bertz CT molecular complexity index is 743. The van der Waals surface area contributed by atoms with Gasteiger partial charge in [-0.15, -0.1) is 0 Å². The number of carbonyl (C=O) groups is 2. The zero-order valence-corrected chi connectivity index (χ0v) is 13.2. The third-order valence-electron chi connectivity index (χ3n) is 4.68. The van der Waals surface area contributed by atoms with Gasteiger partial charge in [0.2, 0.25) is 0 Å². The SMILES string of the molecule is COC(=O)c1cn[nH]c1S(=O)(=O)N1C[C@@H]2CCC[C@@H]2[C@@H]1C(=O)O. The number of carboxylic acids is 1. The van der Waals surface area contributed by atoms with Crippen molar-refractivity contribution in [2.45, 2.75) is 30.3 Å². The quantitative estimate of drug-likeness (QED) is 0.740. The predicted octanol–water partition coefficient (Wildman–Crippen LogP) is 0.0701. The van der Waals surface area contributed by atoms with Gasteiger partial charge in [-0.3, -0.25) is 9.89 Å². The Morgan fingerprint density at radius 2 is 2.17 bits per heavy atom. The van der Waals surface area contributed by atoms with Gasteiger partial charge in [-0.1, -0.05) is 6.42 Å². The number of H-pyrrole nitrogens is 1. The minimum Gasteiger partial charge on any atom is -0.480 e. The average Bonchev–Trinajstić information content (AvgIpc) is 3.19. The number of aromatic nitrogens is 2. The van der Waals surface area contributed by atoms with Crippen molar-refractivity contribution < 1.29 is 27.9 Å². The number of hydrogen-bond acceptors (Lipinski definition) is 6. The molecule has 0 amide bonds. The second-order valence-corrected chi connectivity index (χ2v) is 7.64. The van der Waals surface area contributed by atoms with Gasteiger partial charge in [0.05, 0.1) is 13.3 Å². The number of sulfonamides is 1. The maximum Gasteiger partial charge on any atom is 0.342 e. The van der Waals surface area contributed by atoms with E-state index < -0.39 is 33.0 Å². The molecule has 1 aliphatic heterocycles. The number of fused-ring (bicyclic) bond motifs is 1. The molecule has 9 nitrogen and oxygen atoms in total. The van der Waals surface area contributed by atoms with Crippen molar-refractivity contribution in [1.82, 2.24) is 14.5 Å². The molecule has 0 spiro atoms. The summed E-state index contributed by atoms with van der Waals surface area (Å²) in [6.45, 7) is 0.142. The molecule has 1 saturated carbocycles. The molecule has 0 unspecified atom stereocenters. The Labute approximate surface area is 132 Å². The molecule has 2 N–H and O–H groups in total. The fourth-order valence-electron chi connectivity index (χ4n) is 3.66. The van der Waals surface area contributed by atoms with Crippen molar-refractivity contribution in [3.63, 3.8) is 0 Å². The third kappa shape index (κ3) is 2.41. The van der Waals surface area contributed by atoms with E-state index in [9.17, 15) is 23.1 Å². The Morgan fingerprint density at radius 1 is 1.43 bits per heavy atom. The van der Waals surface area contributed by atoms with Crippen LogP contribution in [0.4, 0.5) is 0 Å².